The van der Waals surface area contributed by atoms with Gasteiger partial charge in [0.15, 0.2) is 6.23 Å². The largest absolute Gasteiger partial charge is 0.475 e. The lowest BCUT2D eigenvalue weighted by Gasteiger charge is -2.32. The molecule has 1 aromatic heterocycles. The Hall–Kier alpha value is -2.22. The fourth-order valence-electron chi connectivity index (χ4n) is 3.65. The molecule has 1 aromatic carbocycles. The Labute approximate surface area is 206 Å². The molecule has 4 rings (SSSR count). The number of nitrogens with one attached hydrogen (secondary N) is 1. The van der Waals surface area contributed by atoms with Crippen molar-refractivity contribution in [2.75, 3.05) is 13.2 Å². The van der Waals surface area contributed by atoms with Crippen molar-refractivity contribution in [3.63, 3.8) is 0 Å². The Balaban J connectivity index is 1.57. The summed E-state index contributed by atoms with van der Waals surface area (Å²) in [5, 5.41) is 25.2. The van der Waals surface area contributed by atoms with Crippen LogP contribution >= 0.6 is 31.0 Å². The molecule has 2 aliphatic heterocycles. The maximum absolute atomic E-state index is 13.2. The van der Waals surface area contributed by atoms with Gasteiger partial charge in [-0.25, -0.2) is 9.36 Å². The number of nitrogens with zero attached hydrogens (tertiary/aromatic N) is 4. The van der Waals surface area contributed by atoms with Crippen LogP contribution in [0.1, 0.15) is 24.3 Å². The first-order valence-corrected chi connectivity index (χ1v) is 12.2. The van der Waals surface area contributed by atoms with Gasteiger partial charge in [0.05, 0.1) is 19.3 Å². The van der Waals surface area contributed by atoms with E-state index in [9.17, 15) is 24.4 Å². The number of aromatic nitrogens is 2. The molecule has 2 aliphatic rings. The third kappa shape index (κ3) is 5.18. The van der Waals surface area contributed by atoms with Crippen LogP contribution in [0.3, 0.4) is 0 Å². The highest BCUT2D eigenvalue weighted by molar-refractivity contribution is 7.48. The molecule has 2 saturated heterocycles. The summed E-state index contributed by atoms with van der Waals surface area (Å²) in [5.74, 6) is 0. The number of aromatic amines is 1. The van der Waals surface area contributed by atoms with Crippen LogP contribution < -0.4 is 11.2 Å². The normalized spacial score (nSPS) is 32.8. The topological polar surface area (TPSA) is 198 Å². The van der Waals surface area contributed by atoms with Gasteiger partial charge in [0.2, 0.25) is 5.72 Å². The van der Waals surface area contributed by atoms with Crippen molar-refractivity contribution >= 4 is 31.0 Å². The first-order chi connectivity index (χ1) is 16.6. The van der Waals surface area contributed by atoms with Gasteiger partial charge in [0.1, 0.15) is 12.2 Å². The number of phosphoric acid groups is 1. The van der Waals surface area contributed by atoms with Gasteiger partial charge in [-0.05, 0) is 23.7 Å². The van der Waals surface area contributed by atoms with Gasteiger partial charge < -0.3 is 14.9 Å². The number of hydrogen-bond donors (Lipinski definition) is 3. The monoisotopic (exact) mass is 549 g/mol. The minimum atomic E-state index is -4.32. The molecule has 0 amide bonds. The van der Waals surface area contributed by atoms with Gasteiger partial charge in [0.25, 0.3) is 5.56 Å². The summed E-state index contributed by atoms with van der Waals surface area (Å²) in [5.41, 5.74) is 5.49. The molecule has 17 heteroatoms. The van der Waals surface area contributed by atoms with Crippen LogP contribution in [0.15, 0.2) is 45.2 Å². The summed E-state index contributed by atoms with van der Waals surface area (Å²) < 4.78 is 35.5. The molecule has 6 atom stereocenters. The van der Waals surface area contributed by atoms with E-state index in [1.165, 1.54) is 0 Å². The lowest BCUT2D eigenvalue weighted by atomic mass is 10.1. The minimum absolute atomic E-state index is 0.0548. The van der Waals surface area contributed by atoms with E-state index < -0.39 is 55.9 Å². The fourth-order valence-corrected chi connectivity index (χ4v) is 5.47. The van der Waals surface area contributed by atoms with Crippen molar-refractivity contribution in [1.82, 2.24) is 9.55 Å². The Bertz CT molecular complexity index is 1330. The van der Waals surface area contributed by atoms with E-state index in [-0.39, 0.29) is 13.0 Å². The molecular weight excluding hydrogens is 532 g/mol. The van der Waals surface area contributed by atoms with Gasteiger partial charge in [-0.3, -0.25) is 27.9 Å². The zero-order valence-electron chi connectivity index (χ0n) is 17.6. The van der Waals surface area contributed by atoms with Crippen molar-refractivity contribution < 1.29 is 33.1 Å². The summed E-state index contributed by atoms with van der Waals surface area (Å²) in [4.78, 5) is 28.0. The van der Waals surface area contributed by atoms with Crippen molar-refractivity contribution in [3.8, 4) is 0 Å². The number of rotatable bonds is 6. The Kier molecular flexibility index (Phi) is 7.41. The second-order valence-electron chi connectivity index (χ2n) is 7.60. The molecule has 0 saturated carbocycles. The van der Waals surface area contributed by atoms with Crippen molar-refractivity contribution in [2.24, 2.45) is 5.11 Å². The standard InChI is InChI=1S/C18H18Cl2N5O9P/c19-9-1-2-11(20)10(7-9)12-4-6-31-35(30,34-12)32-8-18(23-24-21)15(28)14(27)16(33-18)25-5-3-13(26)22-17(25)29/h1-3,5,7,12,14-16,27-28H,4,6,8H2,(H,22,26,29)/t12-,14+,15-,16+,18+,35?/m0/s1. The van der Waals surface area contributed by atoms with E-state index in [4.69, 9.17) is 47.0 Å². The van der Waals surface area contributed by atoms with Crippen molar-refractivity contribution in [2.45, 2.75) is 36.7 Å². The molecule has 35 heavy (non-hydrogen) atoms. The highest BCUT2D eigenvalue weighted by Gasteiger charge is 2.56. The first kappa shape index (κ1) is 25.9. The van der Waals surface area contributed by atoms with Gasteiger partial charge in [-0.2, -0.15) is 0 Å². The molecule has 1 unspecified atom stereocenters. The average molecular weight is 550 g/mol. The molecule has 3 N–H and O–H groups in total. The number of ether oxygens (including phenoxy) is 1. The van der Waals surface area contributed by atoms with Crippen LogP contribution in [0.5, 0.6) is 0 Å². The highest BCUT2D eigenvalue weighted by Crippen LogP contribution is 2.58. The second kappa shape index (κ2) is 10.0. The van der Waals surface area contributed by atoms with E-state index in [2.05, 4.69) is 10.0 Å². The quantitative estimate of drug-likeness (QED) is 0.209. The highest BCUT2D eigenvalue weighted by atomic mass is 35.5. The van der Waals surface area contributed by atoms with Crippen molar-refractivity contribution in [3.05, 3.63) is 77.4 Å². The molecule has 0 radical (unpaired) electrons. The molecule has 14 nitrogen and oxygen atoms in total. The van der Waals surface area contributed by atoms with Gasteiger partial charge in [0, 0.05) is 39.2 Å². The van der Waals surface area contributed by atoms with Gasteiger partial charge >= 0.3 is 13.5 Å². The molecule has 3 heterocycles. The molecule has 2 aromatic rings. The van der Waals surface area contributed by atoms with Gasteiger partial charge in [-0.1, -0.05) is 28.3 Å². The zero-order valence-corrected chi connectivity index (χ0v) is 20.0. The van der Waals surface area contributed by atoms with Gasteiger partial charge in [-0.15, -0.1) is 0 Å². The average Bonchev–Trinajstić information content (AvgIpc) is 3.05. The number of halogens is 2. The third-order valence-electron chi connectivity index (χ3n) is 5.36. The zero-order chi connectivity index (χ0) is 25.4. The maximum Gasteiger partial charge on any atom is 0.475 e. The minimum Gasteiger partial charge on any atom is -0.387 e. The number of hydrogen-bond acceptors (Lipinski definition) is 10. The van der Waals surface area contributed by atoms with Crippen LogP contribution in [0.2, 0.25) is 10.0 Å². The van der Waals surface area contributed by atoms with Crippen LogP contribution in [-0.2, 0) is 22.9 Å². The number of azide groups is 1. The summed E-state index contributed by atoms with van der Waals surface area (Å²) in [6.45, 7) is -0.947. The predicted octanol–water partition coefficient (Wildman–Crippen LogP) is 2.40. The molecule has 2 fully saturated rings. The fraction of sp³-hybridized carbons (Fsp3) is 0.444. The lowest BCUT2D eigenvalue weighted by molar-refractivity contribution is -0.127. The van der Waals surface area contributed by atoms with E-state index in [0.29, 0.717) is 15.6 Å². The Morgan fingerprint density at radius 3 is 2.83 bits per heavy atom. The predicted molar refractivity (Wildman–Crippen MR) is 120 cm³/mol. The van der Waals surface area contributed by atoms with Crippen molar-refractivity contribution in [1.29, 1.82) is 0 Å². The Morgan fingerprint density at radius 1 is 1.34 bits per heavy atom. The molecule has 0 spiro atoms. The summed E-state index contributed by atoms with van der Waals surface area (Å²) >= 11 is 12.2. The number of aliphatic hydroxyl groups is 2. The SMILES string of the molecule is [N-]=[N+]=N[C@]1(COP2(=O)OCC[C@@H](c3cc(Cl)ccc3Cl)O2)O[C@@H](n2ccc(=O)[nH]c2=O)[C@H](O)[C@@H]1O. The smallest absolute Gasteiger partial charge is 0.387 e. The van der Waals surface area contributed by atoms with E-state index in [1.807, 2.05) is 4.98 Å². The van der Waals surface area contributed by atoms with E-state index >= 15 is 0 Å². The lowest BCUT2D eigenvalue weighted by Crippen LogP contribution is -2.45. The number of aliphatic hydroxyl groups excluding tert-OH is 2. The number of H-pyrrole nitrogens is 1. The molecule has 188 valence electrons. The summed E-state index contributed by atoms with van der Waals surface area (Å²) in [7, 11) is -4.32. The summed E-state index contributed by atoms with van der Waals surface area (Å²) in [6.07, 6.45) is -4.86. The Morgan fingerprint density at radius 2 is 2.11 bits per heavy atom. The third-order valence-corrected chi connectivity index (χ3v) is 7.40. The molecule has 0 bridgehead atoms. The van der Waals surface area contributed by atoms with Crippen LogP contribution in [-0.4, -0.2) is 50.9 Å². The maximum atomic E-state index is 13.2. The van der Waals surface area contributed by atoms with E-state index in [0.717, 1.165) is 16.8 Å². The van der Waals surface area contributed by atoms with Crippen LogP contribution in [0.25, 0.3) is 10.4 Å². The number of benzene rings is 1. The van der Waals surface area contributed by atoms with Crippen LogP contribution in [0.4, 0.5) is 0 Å². The van der Waals surface area contributed by atoms with Crippen LogP contribution in [0, 0.1) is 0 Å². The molecular formula is C18H18Cl2N5O9P. The van der Waals surface area contributed by atoms with E-state index in [1.54, 1.807) is 18.2 Å². The second-order valence-corrected chi connectivity index (χ2v) is 10.1. The number of phosphoric ester groups is 1. The summed E-state index contributed by atoms with van der Waals surface area (Å²) in [6, 6.07) is 5.64. The first-order valence-electron chi connectivity index (χ1n) is 10.0. The molecule has 0 aliphatic carbocycles.